The van der Waals surface area contributed by atoms with E-state index in [1.54, 1.807) is 0 Å². The topological polar surface area (TPSA) is 38.3 Å². The molecule has 1 aromatic carbocycles. The second-order valence-electron chi connectivity index (χ2n) is 3.08. The van der Waals surface area contributed by atoms with E-state index >= 15 is 0 Å². The third kappa shape index (κ3) is 4.18. The number of alkyl halides is 3. The monoisotopic (exact) mass is 245 g/mol. The van der Waals surface area contributed by atoms with Crippen LogP contribution in [-0.4, -0.2) is 13.1 Å². The van der Waals surface area contributed by atoms with Crippen LogP contribution in [0.15, 0.2) is 36.5 Å². The third-order valence-corrected chi connectivity index (χ3v) is 1.86. The fourth-order valence-electron chi connectivity index (χ4n) is 1.06. The normalized spacial score (nSPS) is 11.5. The highest BCUT2D eigenvalue weighted by molar-refractivity contribution is 5.82. The Bertz CT molecular complexity index is 427. The van der Waals surface area contributed by atoms with E-state index in [-0.39, 0.29) is 5.69 Å². The zero-order valence-corrected chi connectivity index (χ0v) is 8.91. The van der Waals surface area contributed by atoms with Gasteiger partial charge in [-0.05, 0) is 18.2 Å². The molecule has 0 aromatic heterocycles. The highest BCUT2D eigenvalue weighted by Crippen LogP contribution is 2.30. The van der Waals surface area contributed by atoms with Gasteiger partial charge >= 0.3 is 12.1 Å². The van der Waals surface area contributed by atoms with Gasteiger partial charge in [-0.1, -0.05) is 6.07 Å². The smallest absolute Gasteiger partial charge is 0.416 e. The van der Waals surface area contributed by atoms with Crippen LogP contribution in [0, 0.1) is 0 Å². The number of methoxy groups -OCH3 is 1. The van der Waals surface area contributed by atoms with Gasteiger partial charge in [0, 0.05) is 18.0 Å². The Hall–Kier alpha value is -1.98. The average molecular weight is 245 g/mol. The molecular formula is C11H10F3NO2. The molecule has 0 radical (unpaired) electrons. The quantitative estimate of drug-likeness (QED) is 0.657. The van der Waals surface area contributed by atoms with Gasteiger partial charge in [-0.15, -0.1) is 0 Å². The highest BCUT2D eigenvalue weighted by atomic mass is 19.4. The number of halogens is 3. The molecule has 1 N–H and O–H groups in total. The van der Waals surface area contributed by atoms with E-state index in [0.717, 1.165) is 18.2 Å². The lowest BCUT2D eigenvalue weighted by Gasteiger charge is -2.08. The van der Waals surface area contributed by atoms with E-state index in [0.29, 0.717) is 0 Å². The second kappa shape index (κ2) is 5.38. The van der Waals surface area contributed by atoms with Crippen molar-refractivity contribution in [2.24, 2.45) is 0 Å². The SMILES string of the molecule is COC(=O)/C=C/Nc1cccc(C(F)(F)F)c1. The molecule has 0 bridgehead atoms. The first-order chi connectivity index (χ1) is 7.93. The first-order valence-electron chi connectivity index (χ1n) is 4.62. The first-order valence-corrected chi connectivity index (χ1v) is 4.62. The maximum atomic E-state index is 12.4. The minimum absolute atomic E-state index is 0.236. The van der Waals surface area contributed by atoms with Gasteiger partial charge in [-0.3, -0.25) is 0 Å². The van der Waals surface area contributed by atoms with Crippen molar-refractivity contribution in [3.05, 3.63) is 42.1 Å². The van der Waals surface area contributed by atoms with E-state index < -0.39 is 17.7 Å². The van der Waals surface area contributed by atoms with E-state index in [4.69, 9.17) is 0 Å². The molecule has 0 saturated carbocycles. The molecule has 0 aliphatic carbocycles. The summed E-state index contributed by atoms with van der Waals surface area (Å²) in [6.07, 6.45) is -2.11. The summed E-state index contributed by atoms with van der Waals surface area (Å²) in [4.78, 5) is 10.7. The molecule has 6 heteroatoms. The summed E-state index contributed by atoms with van der Waals surface area (Å²) in [5, 5.41) is 2.54. The molecule has 0 spiro atoms. The molecule has 0 fully saturated rings. The van der Waals surface area contributed by atoms with Crippen LogP contribution in [0.25, 0.3) is 0 Å². The van der Waals surface area contributed by atoms with E-state index in [1.807, 2.05) is 0 Å². The van der Waals surface area contributed by atoms with E-state index in [2.05, 4.69) is 10.1 Å². The van der Waals surface area contributed by atoms with E-state index in [9.17, 15) is 18.0 Å². The molecule has 0 amide bonds. The zero-order chi connectivity index (χ0) is 12.9. The van der Waals surface area contributed by atoms with Crippen molar-refractivity contribution < 1.29 is 22.7 Å². The van der Waals surface area contributed by atoms with Crippen LogP contribution in [0.4, 0.5) is 18.9 Å². The number of ether oxygens (including phenoxy) is 1. The lowest BCUT2D eigenvalue weighted by Crippen LogP contribution is -2.05. The number of esters is 1. The Kier molecular flexibility index (Phi) is 4.14. The largest absolute Gasteiger partial charge is 0.466 e. The fraction of sp³-hybridized carbons (Fsp3) is 0.182. The van der Waals surface area contributed by atoms with Crippen LogP contribution < -0.4 is 5.32 Å². The van der Waals surface area contributed by atoms with Crippen LogP contribution in [0.1, 0.15) is 5.56 Å². The molecule has 1 rings (SSSR count). The second-order valence-corrected chi connectivity index (χ2v) is 3.08. The third-order valence-electron chi connectivity index (χ3n) is 1.86. The molecule has 0 unspecified atom stereocenters. The van der Waals surface area contributed by atoms with Crippen molar-refractivity contribution in [2.75, 3.05) is 12.4 Å². The molecule has 0 atom stereocenters. The minimum Gasteiger partial charge on any atom is -0.466 e. The van der Waals surface area contributed by atoms with Crippen LogP contribution in [-0.2, 0) is 15.7 Å². The summed E-state index contributed by atoms with van der Waals surface area (Å²) >= 11 is 0. The van der Waals surface area contributed by atoms with Crippen molar-refractivity contribution in [2.45, 2.75) is 6.18 Å². The number of benzene rings is 1. The summed E-state index contributed by atoms with van der Waals surface area (Å²) in [6.45, 7) is 0. The number of rotatable bonds is 3. The molecule has 3 nitrogen and oxygen atoms in total. The molecule has 0 aliphatic heterocycles. The molecular weight excluding hydrogens is 235 g/mol. The number of nitrogens with one attached hydrogen (secondary N) is 1. The maximum absolute atomic E-state index is 12.4. The van der Waals surface area contributed by atoms with Gasteiger partial charge in [0.2, 0.25) is 0 Å². The summed E-state index contributed by atoms with van der Waals surface area (Å²) < 4.78 is 41.4. The Morgan fingerprint density at radius 3 is 2.71 bits per heavy atom. The predicted molar refractivity (Wildman–Crippen MR) is 56.2 cm³/mol. The molecule has 0 saturated heterocycles. The Balaban J connectivity index is 2.73. The number of anilines is 1. The Morgan fingerprint density at radius 2 is 2.12 bits per heavy atom. The van der Waals surface area contributed by atoms with Gasteiger partial charge in [-0.2, -0.15) is 13.2 Å². The van der Waals surface area contributed by atoms with Gasteiger partial charge in [0.05, 0.1) is 12.7 Å². The van der Waals surface area contributed by atoms with Crippen LogP contribution in [0.5, 0.6) is 0 Å². The van der Waals surface area contributed by atoms with Gasteiger partial charge in [0.1, 0.15) is 0 Å². The summed E-state index contributed by atoms with van der Waals surface area (Å²) in [7, 11) is 1.21. The van der Waals surface area contributed by atoms with Gasteiger partial charge in [0.15, 0.2) is 0 Å². The molecule has 92 valence electrons. The number of carbonyl (C=O) groups is 1. The lowest BCUT2D eigenvalue weighted by atomic mass is 10.2. The van der Waals surface area contributed by atoms with Crippen LogP contribution >= 0.6 is 0 Å². The van der Waals surface area contributed by atoms with Gasteiger partial charge in [-0.25, -0.2) is 4.79 Å². The molecule has 17 heavy (non-hydrogen) atoms. The predicted octanol–water partition coefficient (Wildman–Crippen LogP) is 2.80. The number of hydrogen-bond acceptors (Lipinski definition) is 3. The van der Waals surface area contributed by atoms with Crippen LogP contribution in [0.2, 0.25) is 0 Å². The average Bonchev–Trinajstić information content (AvgIpc) is 2.28. The minimum atomic E-state index is -4.39. The summed E-state index contributed by atoms with van der Waals surface area (Å²) in [6, 6.07) is 4.64. The Labute approximate surface area is 95.9 Å². The van der Waals surface area contributed by atoms with Crippen molar-refractivity contribution in [3.8, 4) is 0 Å². The van der Waals surface area contributed by atoms with Crippen LogP contribution in [0.3, 0.4) is 0 Å². The molecule has 1 aromatic rings. The van der Waals surface area contributed by atoms with Crippen molar-refractivity contribution in [3.63, 3.8) is 0 Å². The number of hydrogen-bond donors (Lipinski definition) is 1. The molecule has 0 aliphatic rings. The van der Waals surface area contributed by atoms with Gasteiger partial charge < -0.3 is 10.1 Å². The van der Waals surface area contributed by atoms with Crippen molar-refractivity contribution in [1.29, 1.82) is 0 Å². The summed E-state index contributed by atoms with van der Waals surface area (Å²) in [5.74, 6) is -0.593. The summed E-state index contributed by atoms with van der Waals surface area (Å²) in [5.41, 5.74) is -0.519. The van der Waals surface area contributed by atoms with Gasteiger partial charge in [0.25, 0.3) is 0 Å². The highest BCUT2D eigenvalue weighted by Gasteiger charge is 2.30. The molecule has 0 heterocycles. The standard InChI is InChI=1S/C11H10F3NO2/c1-17-10(16)5-6-15-9-4-2-3-8(7-9)11(12,13)14/h2-7,15H,1H3/b6-5+. The van der Waals surface area contributed by atoms with E-state index in [1.165, 1.54) is 25.4 Å². The number of carbonyl (C=O) groups excluding carboxylic acids is 1. The zero-order valence-electron chi connectivity index (χ0n) is 8.91. The van der Waals surface area contributed by atoms with Crippen molar-refractivity contribution >= 4 is 11.7 Å². The lowest BCUT2D eigenvalue weighted by molar-refractivity contribution is -0.137. The maximum Gasteiger partial charge on any atom is 0.416 e. The van der Waals surface area contributed by atoms with Crippen molar-refractivity contribution in [1.82, 2.24) is 0 Å². The first kappa shape index (κ1) is 13.1. The fourth-order valence-corrected chi connectivity index (χ4v) is 1.06. The Morgan fingerprint density at radius 1 is 1.41 bits per heavy atom.